The van der Waals surface area contributed by atoms with E-state index in [1.807, 2.05) is 0 Å². The van der Waals surface area contributed by atoms with Gasteiger partial charge in [0, 0.05) is 19.3 Å². The van der Waals surface area contributed by atoms with Crippen LogP contribution < -0.4 is 0 Å². The zero-order chi connectivity index (χ0) is 50.7. The van der Waals surface area contributed by atoms with Gasteiger partial charge in [-0.15, -0.1) is 0 Å². The molecule has 0 spiro atoms. The molecule has 0 fully saturated rings. The van der Waals surface area contributed by atoms with E-state index in [0.29, 0.717) is 19.3 Å². The molecule has 0 aliphatic heterocycles. The molecule has 0 radical (unpaired) electrons. The molecule has 0 aliphatic carbocycles. The van der Waals surface area contributed by atoms with Crippen molar-refractivity contribution in [1.82, 2.24) is 0 Å². The Morgan fingerprint density at radius 1 is 0.314 bits per heavy atom. The van der Waals surface area contributed by atoms with Gasteiger partial charge in [0.2, 0.25) is 0 Å². The van der Waals surface area contributed by atoms with Crippen molar-refractivity contribution in [1.29, 1.82) is 0 Å². The van der Waals surface area contributed by atoms with E-state index in [-0.39, 0.29) is 31.1 Å². The van der Waals surface area contributed by atoms with Gasteiger partial charge >= 0.3 is 17.9 Å². The third-order valence-electron chi connectivity index (χ3n) is 13.0. The molecular formula is C64H112O6. The fourth-order valence-corrected chi connectivity index (χ4v) is 8.48. The zero-order valence-corrected chi connectivity index (χ0v) is 46.3. The largest absolute Gasteiger partial charge is 0.462 e. The predicted molar refractivity (Wildman–Crippen MR) is 302 cm³/mol. The molecule has 0 aromatic heterocycles. The van der Waals surface area contributed by atoms with Gasteiger partial charge in [-0.05, 0) is 83.5 Å². The number of ether oxygens (including phenoxy) is 3. The van der Waals surface area contributed by atoms with E-state index in [1.165, 1.54) is 148 Å². The zero-order valence-electron chi connectivity index (χ0n) is 46.3. The minimum atomic E-state index is -0.789. The first-order chi connectivity index (χ1) is 34.5. The summed E-state index contributed by atoms with van der Waals surface area (Å²) >= 11 is 0. The highest BCUT2D eigenvalue weighted by Gasteiger charge is 2.19. The second-order valence-electron chi connectivity index (χ2n) is 19.9. The molecule has 0 amide bonds. The molecule has 0 bridgehead atoms. The molecule has 0 rings (SSSR count). The van der Waals surface area contributed by atoms with Gasteiger partial charge in [0.1, 0.15) is 13.2 Å². The summed E-state index contributed by atoms with van der Waals surface area (Å²) in [6.07, 6.45) is 74.6. The smallest absolute Gasteiger partial charge is 0.306 e. The first-order valence-corrected chi connectivity index (χ1v) is 30.0. The minimum absolute atomic E-state index is 0.0840. The summed E-state index contributed by atoms with van der Waals surface area (Å²) in [6.45, 7) is 6.53. The predicted octanol–water partition coefficient (Wildman–Crippen LogP) is 20.2. The standard InChI is InChI=1S/C64H112O6/c1-4-7-10-13-16-19-22-25-28-30-32-34-36-39-42-45-48-51-54-57-63(66)69-60-61(59-68-62(65)56-53-50-47-44-41-38-35-27-24-21-18-15-12-9-6-3)70-64(67)58-55-52-49-46-43-40-37-33-31-29-26-23-20-17-14-11-8-5-2/h7,10,16,19,25,28-29,31-34,37,61H,4-6,8-9,11-15,17-18,20-24,26-27,30,35-36,38-60H2,1-3H3/b10-7-,19-16-,28-25-,31-29-,34-32-,37-33-. The van der Waals surface area contributed by atoms with Gasteiger partial charge in [0.05, 0.1) is 0 Å². The van der Waals surface area contributed by atoms with Crippen LogP contribution in [0.3, 0.4) is 0 Å². The second-order valence-corrected chi connectivity index (χ2v) is 19.9. The number of rotatable bonds is 54. The lowest BCUT2D eigenvalue weighted by Crippen LogP contribution is -2.30. The Kier molecular flexibility index (Phi) is 55.8. The molecule has 0 aromatic rings. The molecule has 0 heterocycles. The Morgan fingerprint density at radius 3 is 0.957 bits per heavy atom. The maximum absolute atomic E-state index is 12.9. The van der Waals surface area contributed by atoms with Crippen molar-refractivity contribution in [2.45, 2.75) is 303 Å². The average Bonchev–Trinajstić information content (AvgIpc) is 3.36. The number of carbonyl (C=O) groups is 3. The maximum Gasteiger partial charge on any atom is 0.306 e. The average molecular weight is 978 g/mol. The molecular weight excluding hydrogens is 865 g/mol. The number of allylic oxidation sites excluding steroid dienone is 12. The lowest BCUT2D eigenvalue weighted by molar-refractivity contribution is -0.167. The molecule has 6 nitrogen and oxygen atoms in total. The van der Waals surface area contributed by atoms with E-state index >= 15 is 0 Å². The summed E-state index contributed by atoms with van der Waals surface area (Å²) in [5, 5.41) is 0. The molecule has 0 aromatic carbocycles. The number of unbranched alkanes of at least 4 members (excludes halogenated alkanes) is 32. The third-order valence-corrected chi connectivity index (χ3v) is 13.0. The molecule has 0 aliphatic rings. The first-order valence-electron chi connectivity index (χ1n) is 30.0. The van der Waals surface area contributed by atoms with Crippen molar-refractivity contribution >= 4 is 17.9 Å². The van der Waals surface area contributed by atoms with Crippen molar-refractivity contribution in [3.63, 3.8) is 0 Å². The highest BCUT2D eigenvalue weighted by atomic mass is 16.6. The summed E-state index contributed by atoms with van der Waals surface area (Å²) in [5.74, 6) is -0.901. The number of hydrogen-bond donors (Lipinski definition) is 0. The van der Waals surface area contributed by atoms with E-state index in [0.717, 1.165) is 109 Å². The maximum atomic E-state index is 12.9. The van der Waals surface area contributed by atoms with Crippen LogP contribution >= 0.6 is 0 Å². The monoisotopic (exact) mass is 977 g/mol. The highest BCUT2D eigenvalue weighted by Crippen LogP contribution is 2.16. The van der Waals surface area contributed by atoms with Crippen LogP contribution in [0.5, 0.6) is 0 Å². The Morgan fingerprint density at radius 2 is 0.600 bits per heavy atom. The third kappa shape index (κ3) is 55.8. The van der Waals surface area contributed by atoms with Crippen LogP contribution in [-0.4, -0.2) is 37.2 Å². The van der Waals surface area contributed by atoms with Gasteiger partial charge in [0.25, 0.3) is 0 Å². The van der Waals surface area contributed by atoms with Crippen molar-refractivity contribution in [2.75, 3.05) is 13.2 Å². The van der Waals surface area contributed by atoms with Crippen molar-refractivity contribution < 1.29 is 28.6 Å². The van der Waals surface area contributed by atoms with Crippen molar-refractivity contribution in [3.8, 4) is 0 Å². The summed E-state index contributed by atoms with van der Waals surface area (Å²) in [4.78, 5) is 38.2. The van der Waals surface area contributed by atoms with Crippen LogP contribution in [0.15, 0.2) is 72.9 Å². The molecule has 6 heteroatoms. The second kappa shape index (κ2) is 58.4. The van der Waals surface area contributed by atoms with E-state index in [1.54, 1.807) is 0 Å². The molecule has 70 heavy (non-hydrogen) atoms. The normalized spacial score (nSPS) is 12.6. The number of esters is 3. The molecule has 0 saturated heterocycles. The molecule has 1 atom stereocenters. The van der Waals surface area contributed by atoms with Gasteiger partial charge in [-0.3, -0.25) is 14.4 Å². The van der Waals surface area contributed by atoms with Crippen LogP contribution in [-0.2, 0) is 28.6 Å². The molecule has 1 unspecified atom stereocenters. The van der Waals surface area contributed by atoms with Crippen LogP contribution in [0.1, 0.15) is 297 Å². The Balaban J connectivity index is 4.42. The Labute approximate surface area is 433 Å². The first kappa shape index (κ1) is 66.9. The quantitative estimate of drug-likeness (QED) is 0.0199. The van der Waals surface area contributed by atoms with E-state index in [4.69, 9.17) is 14.2 Å². The van der Waals surface area contributed by atoms with Gasteiger partial charge in [0.15, 0.2) is 6.10 Å². The number of hydrogen-bond acceptors (Lipinski definition) is 6. The summed E-state index contributed by atoms with van der Waals surface area (Å²) in [7, 11) is 0. The summed E-state index contributed by atoms with van der Waals surface area (Å²) < 4.78 is 16.9. The van der Waals surface area contributed by atoms with Gasteiger partial charge in [-0.25, -0.2) is 0 Å². The molecule has 0 saturated carbocycles. The van der Waals surface area contributed by atoms with Crippen LogP contribution in [0.2, 0.25) is 0 Å². The molecule has 404 valence electrons. The lowest BCUT2D eigenvalue weighted by atomic mass is 10.0. The van der Waals surface area contributed by atoms with Gasteiger partial charge in [-0.2, -0.15) is 0 Å². The SMILES string of the molecule is CC/C=C\C/C=C\C/C=C\C/C=C\CCCCCCCCC(=O)OCC(COC(=O)CCCCCCCCCCCCCCCCC)OC(=O)CCCCCCC/C=C\C=C/CCCCCCCCC. The topological polar surface area (TPSA) is 78.9 Å². The highest BCUT2D eigenvalue weighted by molar-refractivity contribution is 5.71. The summed E-state index contributed by atoms with van der Waals surface area (Å²) in [6, 6.07) is 0. The van der Waals surface area contributed by atoms with E-state index < -0.39 is 6.10 Å². The van der Waals surface area contributed by atoms with Crippen LogP contribution in [0, 0.1) is 0 Å². The lowest BCUT2D eigenvalue weighted by Gasteiger charge is -2.18. The Hall–Kier alpha value is -3.15. The van der Waals surface area contributed by atoms with Crippen molar-refractivity contribution in [2.24, 2.45) is 0 Å². The van der Waals surface area contributed by atoms with Crippen molar-refractivity contribution in [3.05, 3.63) is 72.9 Å². The van der Waals surface area contributed by atoms with Crippen LogP contribution in [0.25, 0.3) is 0 Å². The van der Waals surface area contributed by atoms with Gasteiger partial charge < -0.3 is 14.2 Å². The number of carbonyl (C=O) groups excluding carboxylic acids is 3. The van der Waals surface area contributed by atoms with E-state index in [2.05, 4.69) is 93.7 Å². The Bertz CT molecular complexity index is 1310. The molecule has 0 N–H and O–H groups in total. The van der Waals surface area contributed by atoms with E-state index in [9.17, 15) is 14.4 Å². The minimum Gasteiger partial charge on any atom is -0.462 e. The summed E-state index contributed by atoms with van der Waals surface area (Å²) in [5.41, 5.74) is 0. The fourth-order valence-electron chi connectivity index (χ4n) is 8.48. The van der Waals surface area contributed by atoms with Crippen LogP contribution in [0.4, 0.5) is 0 Å². The van der Waals surface area contributed by atoms with Gasteiger partial charge in [-0.1, -0.05) is 267 Å². The fraction of sp³-hybridized carbons (Fsp3) is 0.766.